The lowest BCUT2D eigenvalue weighted by atomic mass is 9.82. The van der Waals surface area contributed by atoms with E-state index in [1.165, 1.54) is 6.92 Å². The number of methoxy groups -OCH3 is 1. The fraction of sp³-hybridized carbons (Fsp3) is 0.789. The van der Waals surface area contributed by atoms with Gasteiger partial charge in [-0.25, -0.2) is 0 Å². The van der Waals surface area contributed by atoms with E-state index in [9.17, 15) is 9.59 Å². The molecule has 0 aliphatic carbocycles. The molecule has 1 aliphatic rings. The van der Waals surface area contributed by atoms with Crippen LogP contribution in [0.4, 0.5) is 0 Å². The van der Waals surface area contributed by atoms with E-state index in [1.807, 2.05) is 40.7 Å². The highest BCUT2D eigenvalue weighted by molar-refractivity contribution is 5.77. The third-order valence-electron chi connectivity index (χ3n) is 4.98. The summed E-state index contributed by atoms with van der Waals surface area (Å²) in [5, 5.41) is 6.43. The minimum atomic E-state index is -0.542. The first-order valence-electron chi connectivity index (χ1n) is 9.10. The zero-order valence-electron chi connectivity index (χ0n) is 16.6. The first-order valence-corrected chi connectivity index (χ1v) is 9.10. The maximum absolute atomic E-state index is 12.4. The van der Waals surface area contributed by atoms with Crippen molar-refractivity contribution in [3.05, 3.63) is 12.2 Å². The van der Waals surface area contributed by atoms with Gasteiger partial charge in [0.15, 0.2) is 0 Å². The van der Waals surface area contributed by atoms with Crippen molar-refractivity contribution in [2.75, 3.05) is 7.11 Å². The minimum Gasteiger partial charge on any atom is -0.462 e. The maximum atomic E-state index is 12.4. The predicted molar refractivity (Wildman–Crippen MR) is 98.2 cm³/mol. The molecule has 6 heteroatoms. The highest BCUT2D eigenvalue weighted by Gasteiger charge is 2.47. The Bertz CT molecular complexity index is 486. The molecule has 0 aromatic heterocycles. The number of carbonyl (C=O) groups is 2. The molecule has 0 unspecified atom stereocenters. The summed E-state index contributed by atoms with van der Waals surface area (Å²) in [5.74, 6) is -0.257. The zero-order valence-corrected chi connectivity index (χ0v) is 16.6. The van der Waals surface area contributed by atoms with Crippen LogP contribution in [0.2, 0.25) is 0 Å². The second-order valence-electron chi connectivity index (χ2n) is 7.20. The van der Waals surface area contributed by atoms with E-state index in [-0.39, 0.29) is 42.0 Å². The molecule has 1 saturated heterocycles. The van der Waals surface area contributed by atoms with Gasteiger partial charge < -0.3 is 14.8 Å². The molecule has 0 saturated carbocycles. The van der Waals surface area contributed by atoms with Gasteiger partial charge in [-0.1, -0.05) is 19.1 Å². The number of hydrogen-bond donors (Lipinski definition) is 2. The van der Waals surface area contributed by atoms with Crippen molar-refractivity contribution < 1.29 is 19.1 Å². The Hall–Kier alpha value is -1.40. The van der Waals surface area contributed by atoms with Gasteiger partial charge >= 0.3 is 5.97 Å². The molecule has 1 heterocycles. The fourth-order valence-corrected chi connectivity index (χ4v) is 3.44. The van der Waals surface area contributed by atoms with E-state index in [1.54, 1.807) is 7.11 Å². The van der Waals surface area contributed by atoms with E-state index in [2.05, 4.69) is 16.7 Å². The molecule has 1 aliphatic heterocycles. The summed E-state index contributed by atoms with van der Waals surface area (Å²) in [6.07, 6.45) is 5.29. The smallest absolute Gasteiger partial charge is 0.323 e. The summed E-state index contributed by atoms with van der Waals surface area (Å²) in [7, 11) is 1.66. The average molecular weight is 354 g/mol. The van der Waals surface area contributed by atoms with Crippen LogP contribution in [-0.2, 0) is 19.1 Å². The zero-order chi connectivity index (χ0) is 19.2. The molecule has 2 N–H and O–H groups in total. The molecule has 0 radical (unpaired) electrons. The van der Waals surface area contributed by atoms with Gasteiger partial charge in [-0.05, 0) is 46.5 Å². The third-order valence-corrected chi connectivity index (χ3v) is 4.98. The van der Waals surface area contributed by atoms with Crippen molar-refractivity contribution in [3.63, 3.8) is 0 Å². The summed E-state index contributed by atoms with van der Waals surface area (Å²) >= 11 is 0. The van der Waals surface area contributed by atoms with Gasteiger partial charge in [-0.2, -0.15) is 0 Å². The molecule has 1 rings (SSSR count). The number of nitrogens with one attached hydrogen (secondary N) is 2. The molecule has 144 valence electrons. The second kappa shape index (κ2) is 9.34. The van der Waals surface area contributed by atoms with Gasteiger partial charge in [0, 0.05) is 20.1 Å². The highest BCUT2D eigenvalue weighted by atomic mass is 16.5. The second-order valence-corrected chi connectivity index (χ2v) is 7.20. The predicted octanol–water partition coefficient (Wildman–Crippen LogP) is 2.18. The van der Waals surface area contributed by atoms with Crippen molar-refractivity contribution >= 4 is 11.9 Å². The van der Waals surface area contributed by atoms with Crippen LogP contribution in [0.3, 0.4) is 0 Å². The van der Waals surface area contributed by atoms with Gasteiger partial charge in [0.25, 0.3) is 0 Å². The van der Waals surface area contributed by atoms with Gasteiger partial charge in [0.1, 0.15) is 6.04 Å². The van der Waals surface area contributed by atoms with E-state index < -0.39 is 5.60 Å². The number of amides is 1. The van der Waals surface area contributed by atoms with Crippen molar-refractivity contribution in [2.45, 2.75) is 84.2 Å². The van der Waals surface area contributed by atoms with Crippen LogP contribution in [0.25, 0.3) is 0 Å². The lowest BCUT2D eigenvalue weighted by Crippen LogP contribution is -2.62. The summed E-state index contributed by atoms with van der Waals surface area (Å²) < 4.78 is 11.1. The summed E-state index contributed by atoms with van der Waals surface area (Å²) in [5.41, 5.74) is -0.542. The number of carbonyl (C=O) groups excluding carboxylic acids is 2. The quantitative estimate of drug-likeness (QED) is 0.516. The highest BCUT2D eigenvalue weighted by Crippen LogP contribution is 2.32. The number of hydrogen-bond acceptors (Lipinski definition) is 5. The average Bonchev–Trinajstić information content (AvgIpc) is 2.95. The molecule has 0 aromatic carbocycles. The van der Waals surface area contributed by atoms with Crippen LogP contribution < -0.4 is 10.6 Å². The van der Waals surface area contributed by atoms with Crippen molar-refractivity contribution in [1.82, 2.24) is 10.6 Å². The Balaban J connectivity index is 3.12. The van der Waals surface area contributed by atoms with Crippen molar-refractivity contribution in [2.24, 2.45) is 5.92 Å². The summed E-state index contributed by atoms with van der Waals surface area (Å²) in [6, 6.07) is -0.768. The van der Waals surface area contributed by atoms with Gasteiger partial charge in [0.05, 0.1) is 17.7 Å². The van der Waals surface area contributed by atoms with E-state index >= 15 is 0 Å². The Morgan fingerprint density at radius 1 is 1.40 bits per heavy atom. The standard InChI is InChI=1S/C19H34N2O4/c1-8-10-14-11-15(18(23)25-12(3)4)21-16(14)17(20-13(5)22)19(6,9-2)24-7/h8,10,12,14-17,21H,9,11H2,1-7H3,(H,20,22)/b10-8+/t14-,15-,16-,17-,19+/m1/s1. The molecule has 1 amide bonds. The molecular formula is C19H34N2O4. The Morgan fingerprint density at radius 3 is 2.48 bits per heavy atom. The van der Waals surface area contributed by atoms with Crippen LogP contribution in [0.1, 0.15) is 54.4 Å². The lowest BCUT2D eigenvalue weighted by molar-refractivity contribution is -0.149. The molecular weight excluding hydrogens is 320 g/mol. The molecule has 25 heavy (non-hydrogen) atoms. The number of esters is 1. The molecule has 1 fully saturated rings. The van der Waals surface area contributed by atoms with E-state index in [0.717, 1.165) is 6.42 Å². The monoisotopic (exact) mass is 354 g/mol. The molecule has 0 aromatic rings. The van der Waals surface area contributed by atoms with Crippen molar-refractivity contribution in [1.29, 1.82) is 0 Å². The molecule has 5 atom stereocenters. The molecule has 0 bridgehead atoms. The van der Waals surface area contributed by atoms with Crippen LogP contribution in [0.5, 0.6) is 0 Å². The molecule has 6 nitrogen and oxygen atoms in total. The third kappa shape index (κ3) is 5.54. The summed E-state index contributed by atoms with van der Waals surface area (Å²) in [4.78, 5) is 24.2. The van der Waals surface area contributed by atoms with Gasteiger partial charge in [-0.3, -0.25) is 14.9 Å². The van der Waals surface area contributed by atoms with E-state index in [4.69, 9.17) is 9.47 Å². The SMILES string of the molecule is C/C=C/[C@@H]1C[C@H](C(=O)OC(C)C)N[C@H]1[C@@H](NC(C)=O)[C@](C)(CC)OC. The normalized spacial score (nSPS) is 27.3. The number of ether oxygens (including phenoxy) is 2. The van der Waals surface area contributed by atoms with Gasteiger partial charge in [-0.15, -0.1) is 0 Å². The van der Waals surface area contributed by atoms with E-state index in [0.29, 0.717) is 6.42 Å². The Labute approximate surface area is 151 Å². The van der Waals surface area contributed by atoms with Crippen LogP contribution >= 0.6 is 0 Å². The minimum absolute atomic E-state index is 0.104. The summed E-state index contributed by atoms with van der Waals surface area (Å²) in [6.45, 7) is 11.2. The number of allylic oxidation sites excluding steroid dienone is 1. The Morgan fingerprint density at radius 2 is 2.04 bits per heavy atom. The first-order chi connectivity index (χ1) is 11.7. The van der Waals surface area contributed by atoms with Crippen molar-refractivity contribution in [3.8, 4) is 0 Å². The Kier molecular flexibility index (Phi) is 8.09. The largest absolute Gasteiger partial charge is 0.462 e. The maximum Gasteiger partial charge on any atom is 0.323 e. The van der Waals surface area contributed by atoms with Crippen LogP contribution in [0.15, 0.2) is 12.2 Å². The number of rotatable bonds is 8. The van der Waals surface area contributed by atoms with Gasteiger partial charge in [0.2, 0.25) is 5.91 Å². The lowest BCUT2D eigenvalue weighted by Gasteiger charge is -2.41. The first kappa shape index (κ1) is 21.6. The fourth-order valence-electron chi connectivity index (χ4n) is 3.44. The topological polar surface area (TPSA) is 76.7 Å². The molecule has 0 spiro atoms. The van der Waals surface area contributed by atoms with Crippen LogP contribution in [-0.4, -0.2) is 48.8 Å². The van der Waals surface area contributed by atoms with Crippen LogP contribution in [0, 0.1) is 5.92 Å².